The number of nitrogens with one attached hydrogen (secondary N) is 2. The Bertz CT molecular complexity index is 376. The predicted molar refractivity (Wildman–Crippen MR) is 81.9 cm³/mol. The highest BCUT2D eigenvalue weighted by atomic mass is 15.1. The first-order valence-electron chi connectivity index (χ1n) is 6.98. The van der Waals surface area contributed by atoms with Crippen molar-refractivity contribution in [3.8, 4) is 0 Å². The fourth-order valence-corrected chi connectivity index (χ4v) is 1.71. The van der Waals surface area contributed by atoms with Gasteiger partial charge in [-0.3, -0.25) is 0 Å². The Morgan fingerprint density at radius 1 is 1.16 bits per heavy atom. The Morgan fingerprint density at radius 2 is 1.84 bits per heavy atom. The molecule has 0 saturated carbocycles. The van der Waals surface area contributed by atoms with Crippen molar-refractivity contribution >= 4 is 11.6 Å². The topological polar surface area (TPSA) is 53.1 Å². The number of aromatic nitrogens is 2. The van der Waals surface area contributed by atoms with Crippen molar-refractivity contribution in [2.45, 2.75) is 32.6 Å². The van der Waals surface area contributed by atoms with Gasteiger partial charge in [0.15, 0.2) is 0 Å². The van der Waals surface area contributed by atoms with Gasteiger partial charge in [0.1, 0.15) is 17.5 Å². The van der Waals surface area contributed by atoms with Gasteiger partial charge in [0, 0.05) is 25.6 Å². The first-order chi connectivity index (χ1) is 9.02. The van der Waals surface area contributed by atoms with E-state index in [2.05, 4.69) is 53.4 Å². The summed E-state index contributed by atoms with van der Waals surface area (Å²) in [6.45, 7) is 6.29. The Morgan fingerprint density at radius 3 is 2.42 bits per heavy atom. The van der Waals surface area contributed by atoms with Crippen LogP contribution >= 0.6 is 0 Å². The Labute approximate surface area is 116 Å². The van der Waals surface area contributed by atoms with Gasteiger partial charge in [-0.1, -0.05) is 13.8 Å². The number of hydrogen-bond acceptors (Lipinski definition) is 5. The summed E-state index contributed by atoms with van der Waals surface area (Å²) in [5.74, 6) is 2.99. The number of anilines is 2. The minimum Gasteiger partial charge on any atom is -0.373 e. The normalized spacial score (nSPS) is 11.1. The monoisotopic (exact) mass is 265 g/mol. The lowest BCUT2D eigenvalue weighted by atomic mass is 10.2. The molecule has 0 bridgehead atoms. The van der Waals surface area contributed by atoms with Crippen LogP contribution in [0.2, 0.25) is 0 Å². The summed E-state index contributed by atoms with van der Waals surface area (Å²) in [6, 6.07) is 1.96. The van der Waals surface area contributed by atoms with Gasteiger partial charge < -0.3 is 15.5 Å². The zero-order valence-corrected chi connectivity index (χ0v) is 12.8. The summed E-state index contributed by atoms with van der Waals surface area (Å²) in [6.07, 6.45) is 2.34. The molecular formula is C14H27N5. The Hall–Kier alpha value is -1.36. The highest BCUT2D eigenvalue weighted by molar-refractivity contribution is 5.47. The molecule has 0 aromatic carbocycles. The van der Waals surface area contributed by atoms with E-state index in [1.165, 1.54) is 6.42 Å². The van der Waals surface area contributed by atoms with E-state index in [1.807, 2.05) is 13.1 Å². The standard InChI is InChI=1S/C14H27N5/c1-11(2)14-17-12(15-3)10-13(18-14)16-8-6-7-9-19(4)5/h10-11H,6-9H2,1-5H3,(H2,15,16,17,18). The zero-order valence-electron chi connectivity index (χ0n) is 12.8. The molecule has 5 nitrogen and oxygen atoms in total. The summed E-state index contributed by atoms with van der Waals surface area (Å²) in [5.41, 5.74) is 0. The lowest BCUT2D eigenvalue weighted by molar-refractivity contribution is 0.396. The Kier molecular flexibility index (Phi) is 6.56. The van der Waals surface area contributed by atoms with E-state index in [1.54, 1.807) is 0 Å². The van der Waals surface area contributed by atoms with E-state index in [4.69, 9.17) is 0 Å². The van der Waals surface area contributed by atoms with Crippen molar-refractivity contribution in [2.24, 2.45) is 0 Å². The number of rotatable bonds is 8. The molecule has 1 rings (SSSR count). The second kappa shape index (κ2) is 7.94. The molecule has 1 heterocycles. The van der Waals surface area contributed by atoms with Crippen LogP contribution in [0.1, 0.15) is 38.4 Å². The summed E-state index contributed by atoms with van der Waals surface area (Å²) < 4.78 is 0. The minimum absolute atomic E-state index is 0.336. The summed E-state index contributed by atoms with van der Waals surface area (Å²) >= 11 is 0. The van der Waals surface area contributed by atoms with E-state index in [9.17, 15) is 0 Å². The second-order valence-electron chi connectivity index (χ2n) is 5.34. The molecule has 0 aliphatic heterocycles. The molecule has 1 aromatic heterocycles. The molecule has 0 radical (unpaired) electrons. The molecule has 0 spiro atoms. The third-order valence-corrected chi connectivity index (χ3v) is 2.85. The first kappa shape index (κ1) is 15.7. The average Bonchev–Trinajstić information content (AvgIpc) is 2.37. The molecule has 0 saturated heterocycles. The van der Waals surface area contributed by atoms with Crippen molar-refractivity contribution < 1.29 is 0 Å². The van der Waals surface area contributed by atoms with Crippen LogP contribution < -0.4 is 10.6 Å². The van der Waals surface area contributed by atoms with Crippen LogP contribution in [0.15, 0.2) is 6.07 Å². The molecule has 5 heteroatoms. The van der Waals surface area contributed by atoms with Gasteiger partial charge in [0.25, 0.3) is 0 Å². The van der Waals surface area contributed by atoms with Gasteiger partial charge in [-0.25, -0.2) is 9.97 Å². The lowest BCUT2D eigenvalue weighted by Crippen LogP contribution is -2.14. The van der Waals surface area contributed by atoms with E-state index >= 15 is 0 Å². The van der Waals surface area contributed by atoms with Crippen molar-refractivity contribution in [3.63, 3.8) is 0 Å². The van der Waals surface area contributed by atoms with Crippen LogP contribution in [0.5, 0.6) is 0 Å². The van der Waals surface area contributed by atoms with Gasteiger partial charge in [-0.15, -0.1) is 0 Å². The number of unbranched alkanes of at least 4 members (excludes halogenated alkanes) is 1. The second-order valence-corrected chi connectivity index (χ2v) is 5.34. The van der Waals surface area contributed by atoms with Crippen LogP contribution in [0.4, 0.5) is 11.6 Å². The number of hydrogen-bond donors (Lipinski definition) is 2. The van der Waals surface area contributed by atoms with E-state index in [0.29, 0.717) is 5.92 Å². The molecule has 0 fully saturated rings. The van der Waals surface area contributed by atoms with Crippen molar-refractivity contribution in [2.75, 3.05) is 44.9 Å². The van der Waals surface area contributed by atoms with Gasteiger partial charge in [0.2, 0.25) is 0 Å². The van der Waals surface area contributed by atoms with Gasteiger partial charge in [-0.2, -0.15) is 0 Å². The van der Waals surface area contributed by atoms with Crippen LogP contribution in [-0.4, -0.2) is 49.1 Å². The van der Waals surface area contributed by atoms with Crippen LogP contribution in [0.25, 0.3) is 0 Å². The van der Waals surface area contributed by atoms with Gasteiger partial charge in [-0.05, 0) is 33.5 Å². The third kappa shape index (κ3) is 5.87. The Balaban J connectivity index is 2.50. The number of nitrogens with zero attached hydrogens (tertiary/aromatic N) is 3. The maximum Gasteiger partial charge on any atom is 0.135 e. The zero-order chi connectivity index (χ0) is 14.3. The molecule has 0 unspecified atom stereocenters. The lowest BCUT2D eigenvalue weighted by Gasteiger charge is -2.12. The molecule has 0 aliphatic carbocycles. The molecule has 19 heavy (non-hydrogen) atoms. The summed E-state index contributed by atoms with van der Waals surface area (Å²) in [7, 11) is 6.09. The van der Waals surface area contributed by atoms with Crippen LogP contribution in [0, 0.1) is 0 Å². The average molecular weight is 265 g/mol. The quantitative estimate of drug-likeness (QED) is 0.707. The van der Waals surface area contributed by atoms with E-state index in [-0.39, 0.29) is 0 Å². The molecule has 2 N–H and O–H groups in total. The van der Waals surface area contributed by atoms with Crippen molar-refractivity contribution in [3.05, 3.63) is 11.9 Å². The largest absolute Gasteiger partial charge is 0.373 e. The highest BCUT2D eigenvalue weighted by Crippen LogP contribution is 2.16. The predicted octanol–water partition coefficient (Wildman–Crippen LogP) is 2.40. The smallest absolute Gasteiger partial charge is 0.135 e. The molecule has 0 amide bonds. The maximum absolute atomic E-state index is 4.54. The van der Waals surface area contributed by atoms with Crippen molar-refractivity contribution in [1.29, 1.82) is 0 Å². The van der Waals surface area contributed by atoms with E-state index < -0.39 is 0 Å². The fourth-order valence-electron chi connectivity index (χ4n) is 1.71. The highest BCUT2D eigenvalue weighted by Gasteiger charge is 2.07. The van der Waals surface area contributed by atoms with Crippen LogP contribution in [-0.2, 0) is 0 Å². The first-order valence-corrected chi connectivity index (χ1v) is 6.98. The molecule has 0 aliphatic rings. The fraction of sp³-hybridized carbons (Fsp3) is 0.714. The minimum atomic E-state index is 0.336. The van der Waals surface area contributed by atoms with Crippen LogP contribution in [0.3, 0.4) is 0 Å². The SMILES string of the molecule is CNc1cc(NCCCCN(C)C)nc(C(C)C)n1. The van der Waals surface area contributed by atoms with E-state index in [0.717, 1.165) is 37.0 Å². The molecule has 0 atom stereocenters. The molecule has 108 valence electrons. The van der Waals surface area contributed by atoms with Gasteiger partial charge >= 0.3 is 0 Å². The maximum atomic E-state index is 4.54. The third-order valence-electron chi connectivity index (χ3n) is 2.85. The van der Waals surface area contributed by atoms with Gasteiger partial charge in [0.05, 0.1) is 0 Å². The summed E-state index contributed by atoms with van der Waals surface area (Å²) in [5, 5.41) is 6.46. The summed E-state index contributed by atoms with van der Waals surface area (Å²) in [4.78, 5) is 11.2. The molecule has 1 aromatic rings. The van der Waals surface area contributed by atoms with Crippen molar-refractivity contribution in [1.82, 2.24) is 14.9 Å². The molecular weight excluding hydrogens is 238 g/mol.